The molecule has 0 radical (unpaired) electrons. The van der Waals surface area contributed by atoms with Crippen LogP contribution in [0.5, 0.6) is 0 Å². The quantitative estimate of drug-likeness (QED) is 0.832. The lowest BCUT2D eigenvalue weighted by Gasteiger charge is -2.16. The van der Waals surface area contributed by atoms with Crippen LogP contribution in [0.2, 0.25) is 0 Å². The summed E-state index contributed by atoms with van der Waals surface area (Å²) in [6.45, 7) is 3.20. The summed E-state index contributed by atoms with van der Waals surface area (Å²) in [5.41, 5.74) is 0.590. The summed E-state index contributed by atoms with van der Waals surface area (Å²) in [7, 11) is 2.45. The highest BCUT2D eigenvalue weighted by molar-refractivity contribution is 7.86. The Morgan fingerprint density at radius 3 is 2.68 bits per heavy atom. The Bertz CT molecular complexity index is 614. The lowest BCUT2D eigenvalue weighted by atomic mass is 10.4. The van der Waals surface area contributed by atoms with Crippen molar-refractivity contribution in [1.82, 2.24) is 15.0 Å². The predicted octanol–water partition coefficient (Wildman–Crippen LogP) is 1.43. The number of nitrogens with zero attached hydrogens (tertiary/aromatic N) is 4. The van der Waals surface area contributed by atoms with E-state index in [2.05, 4.69) is 15.0 Å². The topological polar surface area (TPSA) is 68.2 Å². The molecule has 2 aromatic heterocycles. The smallest absolute Gasteiger partial charge is 0.183 e. The Labute approximate surface area is 118 Å². The van der Waals surface area contributed by atoms with Crippen LogP contribution in [0.15, 0.2) is 4.34 Å². The van der Waals surface area contributed by atoms with E-state index in [1.165, 1.54) is 11.3 Å². The van der Waals surface area contributed by atoms with Gasteiger partial charge in [-0.3, -0.25) is 4.21 Å². The van der Waals surface area contributed by atoms with E-state index < -0.39 is 10.8 Å². The molecule has 0 aromatic carbocycles. The van der Waals surface area contributed by atoms with Crippen molar-refractivity contribution >= 4 is 38.3 Å². The van der Waals surface area contributed by atoms with Gasteiger partial charge in [0.05, 0.1) is 10.8 Å². The maximum Gasteiger partial charge on any atom is 0.183 e. The molecule has 0 aliphatic carbocycles. The Morgan fingerprint density at radius 2 is 2.11 bits per heavy atom. The number of aromatic nitrogens is 3. The van der Waals surface area contributed by atoms with Gasteiger partial charge in [-0.05, 0) is 6.92 Å². The van der Waals surface area contributed by atoms with Crippen molar-refractivity contribution in [2.24, 2.45) is 0 Å². The van der Waals surface area contributed by atoms with Gasteiger partial charge in [-0.25, -0.2) is 15.0 Å². The zero-order valence-corrected chi connectivity index (χ0v) is 13.0. The molecule has 2 aromatic rings. The van der Waals surface area contributed by atoms with Crippen LogP contribution >= 0.6 is 11.3 Å². The number of fused-ring (bicyclic) bond motifs is 1. The van der Waals surface area contributed by atoms with Gasteiger partial charge in [-0.2, -0.15) is 0 Å². The van der Waals surface area contributed by atoms with Crippen molar-refractivity contribution < 1.29 is 8.95 Å². The van der Waals surface area contributed by atoms with Gasteiger partial charge in [0, 0.05) is 27.0 Å². The minimum Gasteiger partial charge on any atom is -0.377 e. The molecule has 0 aliphatic heterocycles. The Hall–Kier alpha value is -1.12. The van der Waals surface area contributed by atoms with E-state index in [-0.39, 0.29) is 0 Å². The van der Waals surface area contributed by atoms with E-state index >= 15 is 0 Å². The molecular formula is C11H16N4O2S2. The average Bonchev–Trinajstić information content (AvgIpc) is 2.81. The van der Waals surface area contributed by atoms with E-state index in [0.717, 1.165) is 17.1 Å². The van der Waals surface area contributed by atoms with Crippen molar-refractivity contribution in [1.29, 1.82) is 0 Å². The SMILES string of the molecule is CCN(C)c1nc(COC)nc2nc(S(C)=O)sc12. The van der Waals surface area contributed by atoms with E-state index in [1.54, 1.807) is 13.4 Å². The standard InChI is InChI=1S/C11H16N4O2S2/c1-5-15(2)10-8-9(12-7(13-10)6-17-3)14-11(18-8)19(4)16/h5-6H2,1-4H3. The lowest BCUT2D eigenvalue weighted by molar-refractivity contribution is 0.178. The second-order valence-electron chi connectivity index (χ2n) is 4.00. The summed E-state index contributed by atoms with van der Waals surface area (Å²) in [5.74, 6) is 1.40. The Balaban J connectivity index is 2.63. The zero-order chi connectivity index (χ0) is 14.0. The minimum absolute atomic E-state index is 0.336. The minimum atomic E-state index is -1.11. The number of hydrogen-bond donors (Lipinski definition) is 0. The van der Waals surface area contributed by atoms with Crippen LogP contribution in [0, 0.1) is 0 Å². The first-order valence-corrected chi connectivity index (χ1v) is 8.15. The van der Waals surface area contributed by atoms with Gasteiger partial charge in [0.25, 0.3) is 0 Å². The average molecular weight is 300 g/mol. The second-order valence-corrected chi connectivity index (χ2v) is 6.55. The maximum atomic E-state index is 11.5. The zero-order valence-electron chi connectivity index (χ0n) is 11.3. The second kappa shape index (κ2) is 5.89. The van der Waals surface area contributed by atoms with Crippen LogP contribution in [-0.4, -0.2) is 46.1 Å². The molecular weight excluding hydrogens is 284 g/mol. The first kappa shape index (κ1) is 14.3. The molecule has 104 valence electrons. The van der Waals surface area contributed by atoms with Crippen LogP contribution in [-0.2, 0) is 22.1 Å². The number of methoxy groups -OCH3 is 1. The van der Waals surface area contributed by atoms with Crippen LogP contribution in [0.3, 0.4) is 0 Å². The van der Waals surface area contributed by atoms with Gasteiger partial charge >= 0.3 is 0 Å². The maximum absolute atomic E-state index is 11.5. The van der Waals surface area contributed by atoms with Crippen LogP contribution in [0.25, 0.3) is 10.3 Å². The number of hydrogen-bond acceptors (Lipinski definition) is 7. The van der Waals surface area contributed by atoms with E-state index in [4.69, 9.17) is 4.74 Å². The van der Waals surface area contributed by atoms with Crippen LogP contribution in [0.4, 0.5) is 5.82 Å². The van der Waals surface area contributed by atoms with Crippen LogP contribution < -0.4 is 4.90 Å². The summed E-state index contributed by atoms with van der Waals surface area (Å²) in [6.07, 6.45) is 1.62. The third kappa shape index (κ3) is 2.90. The number of rotatable bonds is 5. The highest BCUT2D eigenvalue weighted by atomic mass is 32.2. The van der Waals surface area contributed by atoms with E-state index in [9.17, 15) is 4.21 Å². The normalized spacial score (nSPS) is 12.8. The van der Waals surface area contributed by atoms with Crippen molar-refractivity contribution in [3.8, 4) is 0 Å². The van der Waals surface area contributed by atoms with Crippen molar-refractivity contribution in [2.45, 2.75) is 17.9 Å². The van der Waals surface area contributed by atoms with Gasteiger partial charge in [-0.15, -0.1) is 0 Å². The number of anilines is 1. The first-order valence-electron chi connectivity index (χ1n) is 5.77. The van der Waals surface area contributed by atoms with Crippen molar-refractivity contribution in [3.05, 3.63) is 5.82 Å². The molecule has 8 heteroatoms. The van der Waals surface area contributed by atoms with Gasteiger partial charge in [0.1, 0.15) is 11.3 Å². The summed E-state index contributed by atoms with van der Waals surface area (Å²) >= 11 is 1.38. The molecule has 0 amide bonds. The molecule has 6 nitrogen and oxygen atoms in total. The predicted molar refractivity (Wildman–Crippen MR) is 77.2 cm³/mol. The van der Waals surface area contributed by atoms with E-state index in [0.29, 0.717) is 22.4 Å². The van der Waals surface area contributed by atoms with Crippen LogP contribution in [0.1, 0.15) is 12.7 Å². The molecule has 0 spiro atoms. The number of thiazole rings is 1. The molecule has 1 unspecified atom stereocenters. The van der Waals surface area contributed by atoms with Gasteiger partial charge < -0.3 is 9.64 Å². The fraction of sp³-hybridized carbons (Fsp3) is 0.545. The summed E-state index contributed by atoms with van der Waals surface area (Å²) in [5, 5.41) is 0. The summed E-state index contributed by atoms with van der Waals surface area (Å²) in [6, 6.07) is 0. The summed E-state index contributed by atoms with van der Waals surface area (Å²) in [4.78, 5) is 15.2. The number of ether oxygens (including phenoxy) is 1. The molecule has 2 heterocycles. The molecule has 1 atom stereocenters. The fourth-order valence-corrected chi connectivity index (χ4v) is 3.28. The van der Waals surface area contributed by atoms with Crippen molar-refractivity contribution in [2.75, 3.05) is 31.9 Å². The Morgan fingerprint density at radius 1 is 1.37 bits per heavy atom. The largest absolute Gasteiger partial charge is 0.377 e. The van der Waals surface area contributed by atoms with Gasteiger partial charge in [0.15, 0.2) is 21.6 Å². The lowest BCUT2D eigenvalue weighted by Crippen LogP contribution is -2.18. The first-order chi connectivity index (χ1) is 9.06. The fourth-order valence-electron chi connectivity index (χ4n) is 1.56. The third-order valence-electron chi connectivity index (χ3n) is 2.62. The van der Waals surface area contributed by atoms with Gasteiger partial charge in [0.2, 0.25) is 0 Å². The highest BCUT2D eigenvalue weighted by Gasteiger charge is 2.16. The molecule has 0 bridgehead atoms. The molecule has 0 saturated heterocycles. The molecule has 0 N–H and O–H groups in total. The summed E-state index contributed by atoms with van der Waals surface area (Å²) < 4.78 is 18.1. The van der Waals surface area contributed by atoms with Gasteiger partial charge in [-0.1, -0.05) is 11.3 Å². The third-order valence-corrected chi connectivity index (χ3v) is 4.99. The molecule has 19 heavy (non-hydrogen) atoms. The van der Waals surface area contributed by atoms with E-state index in [1.807, 2.05) is 18.9 Å². The Kier molecular flexibility index (Phi) is 4.43. The molecule has 0 aliphatic rings. The molecule has 2 rings (SSSR count). The molecule has 0 saturated carbocycles. The molecule has 0 fully saturated rings. The monoisotopic (exact) mass is 300 g/mol. The van der Waals surface area contributed by atoms with Crippen molar-refractivity contribution in [3.63, 3.8) is 0 Å². The highest BCUT2D eigenvalue weighted by Crippen LogP contribution is 2.30.